The van der Waals surface area contributed by atoms with E-state index in [-0.39, 0.29) is 12.4 Å². The van der Waals surface area contributed by atoms with Gasteiger partial charge in [-0.2, -0.15) is 5.10 Å². The highest BCUT2D eigenvalue weighted by Gasteiger charge is 2.21. The van der Waals surface area contributed by atoms with E-state index in [1.165, 1.54) is 12.8 Å². The zero-order valence-electron chi connectivity index (χ0n) is 16.5. The van der Waals surface area contributed by atoms with Gasteiger partial charge in [0.2, 0.25) is 0 Å². The van der Waals surface area contributed by atoms with Gasteiger partial charge in [0.15, 0.2) is 5.65 Å². The summed E-state index contributed by atoms with van der Waals surface area (Å²) in [6.07, 6.45) is 6.00. The molecule has 30 heavy (non-hydrogen) atoms. The molecule has 1 aliphatic heterocycles. The molecule has 0 saturated carbocycles. The molecule has 0 bridgehead atoms. The van der Waals surface area contributed by atoms with Gasteiger partial charge in [0.1, 0.15) is 11.6 Å². The summed E-state index contributed by atoms with van der Waals surface area (Å²) in [6, 6.07) is 16.3. The molecule has 0 amide bonds. The number of hydrogen-bond donors (Lipinski definition) is 1. The summed E-state index contributed by atoms with van der Waals surface area (Å²) in [5.41, 5.74) is 3.35. The molecule has 1 atom stereocenters. The van der Waals surface area contributed by atoms with Gasteiger partial charge >= 0.3 is 0 Å². The SMILES string of the molecule is CC1CCCN1c1cccc(Nc2cc(-c3cccc(Cl)c3)nn3ccnc23)n1.Cl. The number of pyridine rings is 1. The van der Waals surface area contributed by atoms with Crippen LogP contribution in [-0.2, 0) is 0 Å². The number of nitrogens with one attached hydrogen (secondary N) is 1. The minimum atomic E-state index is 0. The van der Waals surface area contributed by atoms with Crippen LogP contribution in [0.2, 0.25) is 5.02 Å². The third kappa shape index (κ3) is 3.93. The second-order valence-corrected chi connectivity index (χ2v) is 7.78. The highest BCUT2D eigenvalue weighted by Crippen LogP contribution is 2.29. The van der Waals surface area contributed by atoms with E-state index >= 15 is 0 Å². The van der Waals surface area contributed by atoms with Crippen LogP contribution < -0.4 is 10.2 Å². The molecule has 154 valence electrons. The standard InChI is InChI=1S/C22H21ClN6.ClH/c1-15-5-4-11-28(15)21-9-3-8-20(26-21)25-19-14-18(16-6-2-7-17(23)13-16)27-29-12-10-24-22(19)29;/h2-3,6-10,12-15H,4-5,11H2,1H3,(H,25,26);1H. The predicted molar refractivity (Wildman–Crippen MR) is 124 cm³/mol. The number of aromatic nitrogens is 4. The van der Waals surface area contributed by atoms with Crippen molar-refractivity contribution in [1.82, 2.24) is 19.6 Å². The number of rotatable bonds is 4. The number of benzene rings is 1. The fraction of sp³-hybridized carbons (Fsp3) is 0.227. The minimum Gasteiger partial charge on any atom is -0.354 e. The molecule has 4 aromatic rings. The Bertz CT molecular complexity index is 1180. The first kappa shape index (κ1) is 20.4. The van der Waals surface area contributed by atoms with E-state index in [0.29, 0.717) is 11.1 Å². The van der Waals surface area contributed by atoms with Crippen LogP contribution in [0.15, 0.2) is 60.9 Å². The van der Waals surface area contributed by atoms with Crippen LogP contribution in [0.4, 0.5) is 17.3 Å². The van der Waals surface area contributed by atoms with Crippen LogP contribution >= 0.6 is 24.0 Å². The Morgan fingerprint density at radius 3 is 2.80 bits per heavy atom. The van der Waals surface area contributed by atoms with Gasteiger partial charge in [0.25, 0.3) is 0 Å². The highest BCUT2D eigenvalue weighted by molar-refractivity contribution is 6.30. The number of nitrogens with zero attached hydrogens (tertiary/aromatic N) is 5. The lowest BCUT2D eigenvalue weighted by Crippen LogP contribution is -2.27. The Morgan fingerprint density at radius 1 is 1.13 bits per heavy atom. The quantitative estimate of drug-likeness (QED) is 0.447. The topological polar surface area (TPSA) is 58.4 Å². The van der Waals surface area contributed by atoms with Gasteiger partial charge in [0.05, 0.1) is 11.4 Å². The zero-order valence-corrected chi connectivity index (χ0v) is 18.1. The molecule has 1 unspecified atom stereocenters. The summed E-state index contributed by atoms with van der Waals surface area (Å²) in [6.45, 7) is 3.30. The second-order valence-electron chi connectivity index (χ2n) is 7.34. The van der Waals surface area contributed by atoms with Crippen molar-refractivity contribution in [2.45, 2.75) is 25.8 Å². The lowest BCUT2D eigenvalue weighted by Gasteiger charge is -2.23. The maximum atomic E-state index is 6.18. The van der Waals surface area contributed by atoms with E-state index in [4.69, 9.17) is 16.6 Å². The monoisotopic (exact) mass is 440 g/mol. The molecule has 1 fully saturated rings. The number of anilines is 3. The second kappa shape index (κ2) is 8.50. The Balaban J connectivity index is 0.00000218. The largest absolute Gasteiger partial charge is 0.354 e. The molecule has 8 heteroatoms. The summed E-state index contributed by atoms with van der Waals surface area (Å²) in [5, 5.41) is 8.79. The van der Waals surface area contributed by atoms with Crippen molar-refractivity contribution in [1.29, 1.82) is 0 Å². The molecule has 1 saturated heterocycles. The van der Waals surface area contributed by atoms with Crippen LogP contribution in [0.25, 0.3) is 16.9 Å². The molecular formula is C22H22Cl2N6. The van der Waals surface area contributed by atoms with Gasteiger partial charge in [-0.25, -0.2) is 14.5 Å². The Morgan fingerprint density at radius 2 is 2.00 bits per heavy atom. The number of imidazole rings is 1. The predicted octanol–water partition coefficient (Wildman–Crippen LogP) is 5.60. The maximum absolute atomic E-state index is 6.18. The highest BCUT2D eigenvalue weighted by atomic mass is 35.5. The fourth-order valence-corrected chi connectivity index (χ4v) is 4.05. The summed E-state index contributed by atoms with van der Waals surface area (Å²) in [7, 11) is 0. The molecule has 1 N–H and O–H groups in total. The Hall–Kier alpha value is -2.83. The maximum Gasteiger partial charge on any atom is 0.177 e. The van der Waals surface area contributed by atoms with Gasteiger partial charge in [-0.15, -0.1) is 12.4 Å². The van der Waals surface area contributed by atoms with E-state index in [0.717, 1.165) is 40.8 Å². The van der Waals surface area contributed by atoms with Crippen molar-refractivity contribution >= 4 is 47.0 Å². The first-order chi connectivity index (χ1) is 14.2. The van der Waals surface area contributed by atoms with E-state index in [9.17, 15) is 0 Å². The van der Waals surface area contributed by atoms with Gasteiger partial charge in [-0.05, 0) is 50.1 Å². The van der Waals surface area contributed by atoms with Gasteiger partial charge in [-0.1, -0.05) is 29.8 Å². The van der Waals surface area contributed by atoms with Crippen molar-refractivity contribution < 1.29 is 0 Å². The van der Waals surface area contributed by atoms with E-state index in [1.54, 1.807) is 10.7 Å². The molecule has 3 aromatic heterocycles. The summed E-state index contributed by atoms with van der Waals surface area (Å²) in [4.78, 5) is 11.7. The van der Waals surface area contributed by atoms with Crippen molar-refractivity contribution in [2.24, 2.45) is 0 Å². The molecule has 1 aromatic carbocycles. The van der Waals surface area contributed by atoms with Crippen molar-refractivity contribution in [3.8, 4) is 11.3 Å². The molecule has 6 nitrogen and oxygen atoms in total. The smallest absolute Gasteiger partial charge is 0.177 e. The normalized spacial score (nSPS) is 15.9. The first-order valence-corrected chi connectivity index (χ1v) is 10.2. The summed E-state index contributed by atoms with van der Waals surface area (Å²) in [5.74, 6) is 1.79. The van der Waals surface area contributed by atoms with Crippen LogP contribution in [0.5, 0.6) is 0 Å². The number of halogens is 2. The molecule has 0 spiro atoms. The number of fused-ring (bicyclic) bond motifs is 1. The van der Waals surface area contributed by atoms with Gasteiger partial charge in [-0.3, -0.25) is 0 Å². The summed E-state index contributed by atoms with van der Waals surface area (Å²) >= 11 is 6.18. The molecule has 0 radical (unpaired) electrons. The summed E-state index contributed by atoms with van der Waals surface area (Å²) < 4.78 is 1.77. The van der Waals surface area contributed by atoms with Crippen molar-refractivity contribution in [3.05, 3.63) is 65.9 Å². The van der Waals surface area contributed by atoms with E-state index in [1.807, 2.05) is 48.7 Å². The van der Waals surface area contributed by atoms with Crippen LogP contribution in [0.3, 0.4) is 0 Å². The van der Waals surface area contributed by atoms with Crippen LogP contribution in [0.1, 0.15) is 19.8 Å². The van der Waals surface area contributed by atoms with Crippen LogP contribution in [-0.4, -0.2) is 32.2 Å². The Kier molecular flexibility index (Phi) is 5.79. The molecule has 4 heterocycles. The molecular weight excluding hydrogens is 419 g/mol. The lowest BCUT2D eigenvalue weighted by atomic mass is 10.1. The third-order valence-corrected chi connectivity index (χ3v) is 5.56. The third-order valence-electron chi connectivity index (χ3n) is 5.32. The van der Waals surface area contributed by atoms with Crippen molar-refractivity contribution in [2.75, 3.05) is 16.8 Å². The lowest BCUT2D eigenvalue weighted by molar-refractivity contribution is 0.727. The van der Waals surface area contributed by atoms with Crippen LogP contribution in [0, 0.1) is 0 Å². The molecule has 5 rings (SSSR count). The van der Waals surface area contributed by atoms with Gasteiger partial charge < -0.3 is 10.2 Å². The average Bonchev–Trinajstić information content (AvgIpc) is 3.37. The van der Waals surface area contributed by atoms with E-state index < -0.39 is 0 Å². The molecule has 1 aliphatic rings. The van der Waals surface area contributed by atoms with Gasteiger partial charge in [0, 0.05) is 35.6 Å². The Labute approximate surface area is 186 Å². The minimum absolute atomic E-state index is 0. The van der Waals surface area contributed by atoms with E-state index in [2.05, 4.69) is 33.3 Å². The average molecular weight is 441 g/mol. The fourth-order valence-electron chi connectivity index (χ4n) is 3.86. The molecule has 0 aliphatic carbocycles. The number of hydrogen-bond acceptors (Lipinski definition) is 5. The van der Waals surface area contributed by atoms with Crippen molar-refractivity contribution in [3.63, 3.8) is 0 Å². The first-order valence-electron chi connectivity index (χ1n) is 9.78. The zero-order chi connectivity index (χ0) is 19.8.